The van der Waals surface area contributed by atoms with Gasteiger partial charge in [-0.25, -0.2) is 4.68 Å². The molecule has 0 unspecified atom stereocenters. The summed E-state index contributed by atoms with van der Waals surface area (Å²) >= 11 is 0. The van der Waals surface area contributed by atoms with Gasteiger partial charge < -0.3 is 14.1 Å². The summed E-state index contributed by atoms with van der Waals surface area (Å²) < 4.78 is 12.9. The molecule has 186 valence electrons. The summed E-state index contributed by atoms with van der Waals surface area (Å²) in [4.78, 5) is 15.3. The van der Waals surface area contributed by atoms with E-state index in [1.807, 2.05) is 65.0 Å². The number of piperidine rings is 1. The summed E-state index contributed by atoms with van der Waals surface area (Å²) in [6.45, 7) is 6.74. The molecule has 2 aromatic heterocycles. The van der Waals surface area contributed by atoms with E-state index in [9.17, 15) is 4.79 Å². The second kappa shape index (κ2) is 9.97. The molecule has 0 aliphatic carbocycles. The number of ether oxygens (including phenoxy) is 1. The predicted octanol–water partition coefficient (Wildman–Crippen LogP) is 5.62. The molecule has 8 nitrogen and oxygen atoms in total. The standard InChI is InChI=1S/C28H31N5O3/c1-5-22-8-6-7-17-32(22)28(34)21-9-13-23(14-10-21)33-26(20-11-15-24(35-4)16-12-20)18(2)25(31-33)27-30-29-19(3)36-27/h9-16,22H,5-8,17H2,1-4H3/t22-/m0/s1. The number of carbonyl (C=O) groups excluding carboxylic acids is 1. The zero-order chi connectivity index (χ0) is 25.2. The molecule has 8 heteroatoms. The minimum atomic E-state index is 0.0992. The lowest BCUT2D eigenvalue weighted by molar-refractivity contribution is 0.0608. The topological polar surface area (TPSA) is 86.3 Å². The Bertz CT molecular complexity index is 1360. The number of hydrogen-bond acceptors (Lipinski definition) is 6. The van der Waals surface area contributed by atoms with Gasteiger partial charge in [0.15, 0.2) is 5.69 Å². The highest BCUT2D eigenvalue weighted by atomic mass is 16.5. The molecule has 1 saturated heterocycles. The number of methoxy groups -OCH3 is 1. The van der Waals surface area contributed by atoms with Gasteiger partial charge in [0.25, 0.3) is 11.8 Å². The van der Waals surface area contributed by atoms with Gasteiger partial charge in [0.1, 0.15) is 5.75 Å². The Hall–Kier alpha value is -3.94. The number of benzene rings is 2. The first-order valence-electron chi connectivity index (χ1n) is 12.5. The van der Waals surface area contributed by atoms with Crippen LogP contribution in [0, 0.1) is 13.8 Å². The van der Waals surface area contributed by atoms with Crippen LogP contribution in [0.1, 0.15) is 54.4 Å². The van der Waals surface area contributed by atoms with Crippen molar-refractivity contribution in [2.24, 2.45) is 0 Å². The Balaban J connectivity index is 1.54. The summed E-state index contributed by atoms with van der Waals surface area (Å²) in [5, 5.41) is 13.0. The molecule has 1 amide bonds. The van der Waals surface area contributed by atoms with Crippen LogP contribution in [0.4, 0.5) is 0 Å². The number of rotatable bonds is 6. The summed E-state index contributed by atoms with van der Waals surface area (Å²) in [7, 11) is 1.65. The van der Waals surface area contributed by atoms with Crippen LogP contribution in [0.2, 0.25) is 0 Å². The zero-order valence-corrected chi connectivity index (χ0v) is 21.2. The van der Waals surface area contributed by atoms with Crippen molar-refractivity contribution in [3.05, 3.63) is 65.5 Å². The Labute approximate surface area is 210 Å². The van der Waals surface area contributed by atoms with Crippen molar-refractivity contribution in [1.29, 1.82) is 0 Å². The molecule has 1 aliphatic heterocycles. The highest BCUT2D eigenvalue weighted by molar-refractivity contribution is 5.94. The third kappa shape index (κ3) is 4.39. The summed E-state index contributed by atoms with van der Waals surface area (Å²) in [5.74, 6) is 1.74. The zero-order valence-electron chi connectivity index (χ0n) is 21.2. The fraction of sp³-hybridized carbons (Fsp3) is 0.357. The summed E-state index contributed by atoms with van der Waals surface area (Å²) in [6.07, 6.45) is 4.32. The smallest absolute Gasteiger partial charge is 0.268 e. The molecule has 0 saturated carbocycles. The van der Waals surface area contributed by atoms with Crippen molar-refractivity contribution in [2.75, 3.05) is 13.7 Å². The van der Waals surface area contributed by atoms with E-state index < -0.39 is 0 Å². The van der Waals surface area contributed by atoms with Crippen molar-refractivity contribution in [3.63, 3.8) is 0 Å². The van der Waals surface area contributed by atoms with E-state index in [2.05, 4.69) is 17.1 Å². The van der Waals surface area contributed by atoms with Gasteiger partial charge in [0, 0.05) is 36.2 Å². The molecular weight excluding hydrogens is 454 g/mol. The second-order valence-corrected chi connectivity index (χ2v) is 9.19. The molecule has 4 aromatic rings. The Morgan fingerprint density at radius 2 is 1.81 bits per heavy atom. The van der Waals surface area contributed by atoms with Gasteiger partial charge in [0.05, 0.1) is 18.5 Å². The van der Waals surface area contributed by atoms with Crippen LogP contribution in [0.25, 0.3) is 28.5 Å². The lowest BCUT2D eigenvalue weighted by atomic mass is 9.99. The molecule has 0 N–H and O–H groups in total. The van der Waals surface area contributed by atoms with Crippen LogP contribution >= 0.6 is 0 Å². The van der Waals surface area contributed by atoms with Gasteiger partial charge >= 0.3 is 0 Å². The largest absolute Gasteiger partial charge is 0.497 e. The fourth-order valence-corrected chi connectivity index (χ4v) is 4.97. The molecular formula is C28H31N5O3. The lowest BCUT2D eigenvalue weighted by Crippen LogP contribution is -2.43. The predicted molar refractivity (Wildman–Crippen MR) is 137 cm³/mol. The molecule has 0 radical (unpaired) electrons. The third-order valence-electron chi connectivity index (χ3n) is 6.93. The van der Waals surface area contributed by atoms with E-state index in [-0.39, 0.29) is 5.91 Å². The van der Waals surface area contributed by atoms with Crippen LogP contribution < -0.4 is 4.74 Å². The van der Waals surface area contributed by atoms with E-state index in [0.717, 1.165) is 54.1 Å². The van der Waals surface area contributed by atoms with E-state index in [1.54, 1.807) is 14.0 Å². The van der Waals surface area contributed by atoms with Crippen molar-refractivity contribution in [3.8, 4) is 34.3 Å². The number of aromatic nitrogens is 4. The van der Waals surface area contributed by atoms with E-state index in [1.165, 1.54) is 6.42 Å². The SMILES string of the molecule is CC[C@H]1CCCCN1C(=O)c1ccc(-n2nc(-c3nnc(C)o3)c(C)c2-c2ccc(OC)cc2)cc1. The highest BCUT2D eigenvalue weighted by Gasteiger charge is 2.27. The van der Waals surface area contributed by atoms with E-state index >= 15 is 0 Å². The normalized spacial score (nSPS) is 15.8. The average Bonchev–Trinajstić information content (AvgIpc) is 3.51. The first-order valence-corrected chi connectivity index (χ1v) is 12.5. The first kappa shape index (κ1) is 23.8. The number of likely N-dealkylation sites (tertiary alicyclic amines) is 1. The van der Waals surface area contributed by atoms with Crippen LogP contribution in [0.15, 0.2) is 52.9 Å². The molecule has 0 spiro atoms. The Kier molecular flexibility index (Phi) is 6.59. The minimum absolute atomic E-state index is 0.0992. The van der Waals surface area contributed by atoms with Crippen LogP contribution in [-0.4, -0.2) is 50.5 Å². The number of hydrogen-bond donors (Lipinski definition) is 0. The number of amides is 1. The Morgan fingerprint density at radius 1 is 1.06 bits per heavy atom. The van der Waals surface area contributed by atoms with Crippen molar-refractivity contribution in [2.45, 2.75) is 52.5 Å². The van der Waals surface area contributed by atoms with Gasteiger partial charge in [0.2, 0.25) is 5.89 Å². The maximum absolute atomic E-state index is 13.3. The average molecular weight is 486 g/mol. The number of nitrogens with zero attached hydrogens (tertiary/aromatic N) is 5. The molecule has 1 atom stereocenters. The van der Waals surface area contributed by atoms with Gasteiger partial charge in [-0.1, -0.05) is 6.92 Å². The maximum atomic E-state index is 13.3. The van der Waals surface area contributed by atoms with Crippen LogP contribution in [0.5, 0.6) is 5.75 Å². The molecule has 1 aliphatic rings. The van der Waals surface area contributed by atoms with Crippen molar-refractivity contribution >= 4 is 5.91 Å². The van der Waals surface area contributed by atoms with E-state index in [0.29, 0.717) is 29.1 Å². The number of carbonyl (C=O) groups is 1. The van der Waals surface area contributed by atoms with Gasteiger partial charge in [-0.05, 0) is 81.1 Å². The molecule has 1 fully saturated rings. The van der Waals surface area contributed by atoms with Crippen LogP contribution in [0.3, 0.4) is 0 Å². The van der Waals surface area contributed by atoms with Crippen molar-refractivity contribution in [1.82, 2.24) is 24.9 Å². The Morgan fingerprint density at radius 3 is 2.44 bits per heavy atom. The summed E-state index contributed by atoms with van der Waals surface area (Å²) in [5.41, 5.74) is 4.96. The summed E-state index contributed by atoms with van der Waals surface area (Å²) in [6, 6.07) is 15.8. The molecule has 0 bridgehead atoms. The first-order chi connectivity index (χ1) is 17.5. The maximum Gasteiger partial charge on any atom is 0.268 e. The molecule has 2 aromatic carbocycles. The lowest BCUT2D eigenvalue weighted by Gasteiger charge is -2.35. The molecule has 5 rings (SSSR count). The molecule has 36 heavy (non-hydrogen) atoms. The second-order valence-electron chi connectivity index (χ2n) is 9.19. The van der Waals surface area contributed by atoms with E-state index in [4.69, 9.17) is 14.3 Å². The molecule has 3 heterocycles. The number of aryl methyl sites for hydroxylation is 1. The third-order valence-corrected chi connectivity index (χ3v) is 6.93. The highest BCUT2D eigenvalue weighted by Crippen LogP contribution is 2.34. The monoisotopic (exact) mass is 485 g/mol. The van der Waals surface area contributed by atoms with Crippen LogP contribution in [-0.2, 0) is 0 Å². The van der Waals surface area contributed by atoms with Crippen molar-refractivity contribution < 1.29 is 13.9 Å². The minimum Gasteiger partial charge on any atom is -0.497 e. The quantitative estimate of drug-likeness (QED) is 0.352. The fourth-order valence-electron chi connectivity index (χ4n) is 4.97. The van der Waals surface area contributed by atoms with Gasteiger partial charge in [-0.3, -0.25) is 4.79 Å². The van der Waals surface area contributed by atoms with Gasteiger partial charge in [-0.2, -0.15) is 5.10 Å². The van der Waals surface area contributed by atoms with Gasteiger partial charge in [-0.15, -0.1) is 10.2 Å².